The first-order chi connectivity index (χ1) is 22.1. The van der Waals surface area contributed by atoms with Crippen LogP contribution in [0.25, 0.3) is 22.1 Å². The molecule has 2 aliphatic heterocycles. The average Bonchev–Trinajstić information content (AvgIpc) is 3.57. The van der Waals surface area contributed by atoms with E-state index in [4.69, 9.17) is 33.7 Å². The van der Waals surface area contributed by atoms with Gasteiger partial charge in [0.2, 0.25) is 11.8 Å². The summed E-state index contributed by atoms with van der Waals surface area (Å²) in [5, 5.41) is 3.57. The summed E-state index contributed by atoms with van der Waals surface area (Å²) >= 11 is 0. The summed E-state index contributed by atoms with van der Waals surface area (Å²) in [5.74, 6) is 0.687. The molecule has 16 heteroatoms. The number of hydrogen-bond donors (Lipinski definition) is 2. The molecular formula is C30H38N7O8P. The summed E-state index contributed by atoms with van der Waals surface area (Å²) in [7, 11) is -2.66. The molecule has 15 nitrogen and oxygen atoms in total. The van der Waals surface area contributed by atoms with E-state index < -0.39 is 32.1 Å². The number of rotatable bonds is 11. The van der Waals surface area contributed by atoms with Gasteiger partial charge in [-0.1, -0.05) is 13.0 Å². The lowest BCUT2D eigenvalue weighted by Crippen LogP contribution is -2.38. The van der Waals surface area contributed by atoms with E-state index in [1.165, 1.54) is 7.11 Å². The number of pyridine rings is 1. The average molecular weight is 656 g/mol. The molecule has 3 aromatic heterocycles. The van der Waals surface area contributed by atoms with Gasteiger partial charge in [0.25, 0.3) is 0 Å². The van der Waals surface area contributed by atoms with Crippen LogP contribution in [0.1, 0.15) is 45.2 Å². The lowest BCUT2D eigenvalue weighted by Gasteiger charge is -2.26. The van der Waals surface area contributed by atoms with E-state index in [0.29, 0.717) is 49.5 Å². The molecule has 4 aromatic rings. The van der Waals surface area contributed by atoms with Crippen LogP contribution in [0.3, 0.4) is 0 Å². The van der Waals surface area contributed by atoms with Crippen molar-refractivity contribution in [2.45, 2.75) is 64.5 Å². The van der Waals surface area contributed by atoms with E-state index in [0.717, 1.165) is 10.9 Å². The third-order valence-electron chi connectivity index (χ3n) is 7.99. The van der Waals surface area contributed by atoms with E-state index in [-0.39, 0.29) is 36.2 Å². The second-order valence-electron chi connectivity index (χ2n) is 11.5. The number of nitrogens with one attached hydrogen (secondary N) is 1. The second-order valence-corrected chi connectivity index (χ2v) is 13.2. The first-order valence-electron chi connectivity index (χ1n) is 15.2. The van der Waals surface area contributed by atoms with E-state index >= 15 is 0 Å². The quantitative estimate of drug-likeness (QED) is 0.174. The van der Waals surface area contributed by atoms with Crippen molar-refractivity contribution in [1.29, 1.82) is 0 Å². The van der Waals surface area contributed by atoms with Crippen LogP contribution < -0.4 is 20.1 Å². The molecule has 0 amide bonds. The molecular weight excluding hydrogens is 617 g/mol. The van der Waals surface area contributed by atoms with Gasteiger partial charge in [0.1, 0.15) is 29.9 Å². The molecule has 5 heterocycles. The number of hydrogen-bond acceptors (Lipinski definition) is 13. The Bertz CT molecular complexity index is 1760. The van der Waals surface area contributed by atoms with Gasteiger partial charge in [0.05, 0.1) is 38.6 Å². The van der Waals surface area contributed by atoms with Gasteiger partial charge in [0.15, 0.2) is 11.2 Å². The van der Waals surface area contributed by atoms with Crippen LogP contribution in [0.15, 0.2) is 36.5 Å². The smallest absolute Gasteiger partial charge is 0.459 e. The number of anilines is 1. The molecule has 0 aliphatic carbocycles. The van der Waals surface area contributed by atoms with Gasteiger partial charge in [-0.25, -0.2) is 9.55 Å². The normalized spacial score (nSPS) is 22.5. The number of methoxy groups -OCH3 is 1. The molecule has 0 radical (unpaired) electrons. The minimum atomic E-state index is -4.15. The van der Waals surface area contributed by atoms with E-state index in [1.54, 1.807) is 37.4 Å². The number of nitrogens with two attached hydrogens (primary N) is 1. The molecule has 0 bridgehead atoms. The highest BCUT2D eigenvalue weighted by molar-refractivity contribution is 7.52. The maximum absolute atomic E-state index is 14.3. The number of imidazole rings is 1. The number of aryl methyl sites for hydroxylation is 1. The molecule has 2 aliphatic rings. The number of benzene rings is 1. The summed E-state index contributed by atoms with van der Waals surface area (Å²) in [5.41, 5.74) is 7.65. The van der Waals surface area contributed by atoms with Crippen molar-refractivity contribution in [1.82, 2.24) is 29.6 Å². The van der Waals surface area contributed by atoms with E-state index in [1.807, 2.05) is 24.5 Å². The zero-order valence-corrected chi connectivity index (χ0v) is 27.0. The van der Waals surface area contributed by atoms with Crippen LogP contribution in [0.2, 0.25) is 0 Å². The molecule has 6 rings (SSSR count). The number of ether oxygens (including phenoxy) is 4. The Morgan fingerprint density at radius 1 is 1.22 bits per heavy atom. The minimum Gasteiger partial charge on any atom is -0.479 e. The molecule has 246 valence electrons. The van der Waals surface area contributed by atoms with Crippen molar-refractivity contribution in [3.8, 4) is 11.6 Å². The van der Waals surface area contributed by atoms with Crippen LogP contribution in [0.4, 0.5) is 5.95 Å². The largest absolute Gasteiger partial charge is 0.479 e. The maximum Gasteiger partial charge on any atom is 0.459 e. The molecule has 0 saturated carbocycles. The molecule has 2 fully saturated rings. The summed E-state index contributed by atoms with van der Waals surface area (Å²) in [6, 6.07) is 7.79. The summed E-state index contributed by atoms with van der Waals surface area (Å²) in [6.45, 7) is 6.37. The Kier molecular flexibility index (Phi) is 9.39. The molecule has 3 N–H and O–H groups in total. The van der Waals surface area contributed by atoms with Gasteiger partial charge < -0.3 is 29.2 Å². The minimum absolute atomic E-state index is 0.00140. The fourth-order valence-electron chi connectivity index (χ4n) is 5.73. The number of nitrogen functional groups attached to an aromatic ring is 1. The van der Waals surface area contributed by atoms with Crippen molar-refractivity contribution in [2.24, 2.45) is 5.92 Å². The summed E-state index contributed by atoms with van der Waals surface area (Å²) in [6.07, 6.45) is 2.26. The molecule has 46 heavy (non-hydrogen) atoms. The van der Waals surface area contributed by atoms with Crippen LogP contribution >= 0.6 is 7.75 Å². The molecule has 0 spiro atoms. The number of aromatic nitrogens is 5. The lowest BCUT2D eigenvalue weighted by molar-refractivity contribution is -0.154. The van der Waals surface area contributed by atoms with Crippen LogP contribution in [-0.2, 0) is 28.1 Å². The summed E-state index contributed by atoms with van der Waals surface area (Å²) < 4.78 is 50.9. The third-order valence-corrected chi connectivity index (χ3v) is 9.63. The number of nitrogens with zero attached hydrogens (tertiary/aromatic N) is 5. The zero-order valence-electron chi connectivity index (χ0n) is 26.1. The zero-order chi connectivity index (χ0) is 32.4. The van der Waals surface area contributed by atoms with Gasteiger partial charge >= 0.3 is 13.7 Å². The highest BCUT2D eigenvalue weighted by Crippen LogP contribution is 2.47. The van der Waals surface area contributed by atoms with Crippen LogP contribution in [0.5, 0.6) is 11.6 Å². The fourth-order valence-corrected chi connectivity index (χ4v) is 7.25. The fraction of sp³-hybridized carbons (Fsp3) is 0.500. The Balaban J connectivity index is 1.19. The molecule has 5 unspecified atom stereocenters. The van der Waals surface area contributed by atoms with Crippen molar-refractivity contribution >= 4 is 41.7 Å². The Morgan fingerprint density at radius 3 is 2.80 bits per heavy atom. The Morgan fingerprint density at radius 2 is 2.02 bits per heavy atom. The van der Waals surface area contributed by atoms with E-state index in [9.17, 15) is 9.36 Å². The van der Waals surface area contributed by atoms with Crippen LogP contribution in [-0.4, -0.2) is 75.7 Å². The van der Waals surface area contributed by atoms with Crippen molar-refractivity contribution in [3.05, 3.63) is 42.4 Å². The van der Waals surface area contributed by atoms with Gasteiger partial charge in [0, 0.05) is 30.3 Å². The topological polar surface area (TPSA) is 184 Å². The van der Waals surface area contributed by atoms with Gasteiger partial charge in [-0.15, -0.1) is 0 Å². The van der Waals surface area contributed by atoms with Gasteiger partial charge in [-0.2, -0.15) is 15.1 Å². The summed E-state index contributed by atoms with van der Waals surface area (Å²) in [4.78, 5) is 30.4. The number of carbonyl (C=O) groups is 1. The lowest BCUT2D eigenvalue weighted by atomic mass is 10.1. The third kappa shape index (κ3) is 6.93. The number of carbonyl (C=O) groups excluding carboxylic acids is 1. The second kappa shape index (κ2) is 13.5. The number of esters is 1. The maximum atomic E-state index is 14.3. The SMILES string of the molecule is COc1nc(N)nc2c1nc(C)n2C1OC(COP(=O)(NC(C)C(=O)OC2CCOCC2)Oc2ccc3ncccc3c2)CC1C. The standard InChI is InChI=1S/C30H38N7O8P/c1-17-14-23(43-28(17)37-19(3)33-25-26(37)34-30(31)35-27(25)40-4)16-42-46(39,36-18(2)29(38)44-21-9-12-41-13-10-21)45-22-7-8-24-20(15-22)6-5-11-32-24/h5-8,11,15,17-18,21,23,28H,9-10,12-14,16H2,1-4H3,(H,36,39)(H2,31,34,35). The Labute approximate surface area is 265 Å². The highest BCUT2D eigenvalue weighted by Gasteiger charge is 2.39. The van der Waals surface area contributed by atoms with E-state index in [2.05, 4.69) is 25.0 Å². The Hall–Kier alpha value is -3.88. The predicted octanol–water partition coefficient (Wildman–Crippen LogP) is 4.10. The predicted molar refractivity (Wildman–Crippen MR) is 167 cm³/mol. The van der Waals surface area contributed by atoms with Crippen molar-refractivity contribution in [3.63, 3.8) is 0 Å². The highest BCUT2D eigenvalue weighted by atomic mass is 31.2. The van der Waals surface area contributed by atoms with Gasteiger partial charge in [-0.05, 0) is 44.5 Å². The van der Waals surface area contributed by atoms with Gasteiger partial charge in [-0.3, -0.25) is 18.9 Å². The first kappa shape index (κ1) is 32.1. The first-order valence-corrected chi connectivity index (χ1v) is 16.7. The number of fused-ring (bicyclic) bond motifs is 2. The van der Waals surface area contributed by atoms with Crippen molar-refractivity contribution in [2.75, 3.05) is 32.7 Å². The van der Waals surface area contributed by atoms with Crippen molar-refractivity contribution < 1.29 is 37.4 Å². The molecule has 1 aromatic carbocycles. The molecule has 2 saturated heterocycles. The molecule has 5 atom stereocenters. The monoisotopic (exact) mass is 655 g/mol. The van der Waals surface area contributed by atoms with Crippen LogP contribution in [0, 0.1) is 12.8 Å².